The average molecular weight is 374 g/mol. The highest BCUT2D eigenvalue weighted by molar-refractivity contribution is 5.47. The van der Waals surface area contributed by atoms with E-state index in [9.17, 15) is 4.39 Å². The second-order valence-electron chi connectivity index (χ2n) is 6.54. The summed E-state index contributed by atoms with van der Waals surface area (Å²) in [7, 11) is 4.75. The van der Waals surface area contributed by atoms with E-state index >= 15 is 0 Å². The summed E-state index contributed by atoms with van der Waals surface area (Å²) in [4.78, 5) is 2.37. The number of rotatable bonds is 6. The molecule has 1 fully saturated rings. The number of nitrogens with one attached hydrogen (secondary N) is 1. The first-order valence-electron chi connectivity index (χ1n) is 9.18. The fraction of sp³-hybridized carbons (Fsp3) is 0.429. The van der Waals surface area contributed by atoms with Gasteiger partial charge in [0.15, 0.2) is 11.6 Å². The lowest BCUT2D eigenvalue weighted by molar-refractivity contribution is 0.235. The van der Waals surface area contributed by atoms with Crippen molar-refractivity contribution >= 4 is 0 Å². The van der Waals surface area contributed by atoms with Crippen LogP contribution in [0.25, 0.3) is 0 Å². The molecule has 0 bridgehead atoms. The van der Waals surface area contributed by atoms with Gasteiger partial charge in [-0.1, -0.05) is 6.07 Å². The van der Waals surface area contributed by atoms with E-state index in [-0.39, 0.29) is 17.6 Å². The van der Waals surface area contributed by atoms with Gasteiger partial charge >= 0.3 is 0 Å². The van der Waals surface area contributed by atoms with Crippen molar-refractivity contribution in [3.63, 3.8) is 0 Å². The molecule has 0 radical (unpaired) electrons. The van der Waals surface area contributed by atoms with Crippen LogP contribution in [-0.2, 0) is 0 Å². The maximum absolute atomic E-state index is 14.5. The third kappa shape index (κ3) is 4.34. The van der Waals surface area contributed by atoms with Crippen LogP contribution in [0, 0.1) is 5.82 Å². The number of methoxy groups -OCH3 is 3. The van der Waals surface area contributed by atoms with Crippen LogP contribution in [0.1, 0.15) is 23.6 Å². The smallest absolute Gasteiger partial charge is 0.165 e. The van der Waals surface area contributed by atoms with Gasteiger partial charge in [-0.05, 0) is 42.8 Å². The topological polar surface area (TPSA) is 43.0 Å². The Morgan fingerprint density at radius 2 is 1.74 bits per heavy atom. The molecule has 1 aliphatic heterocycles. The lowest BCUT2D eigenvalue weighted by atomic mass is 9.95. The van der Waals surface area contributed by atoms with Crippen LogP contribution in [-0.4, -0.2) is 52.4 Å². The van der Waals surface area contributed by atoms with Crippen molar-refractivity contribution in [3.8, 4) is 17.2 Å². The monoisotopic (exact) mass is 374 g/mol. The minimum Gasteiger partial charge on any atom is -0.497 e. The van der Waals surface area contributed by atoms with Crippen molar-refractivity contribution in [2.24, 2.45) is 0 Å². The van der Waals surface area contributed by atoms with Gasteiger partial charge in [0.25, 0.3) is 0 Å². The highest BCUT2D eigenvalue weighted by Gasteiger charge is 2.27. The van der Waals surface area contributed by atoms with E-state index in [0.29, 0.717) is 0 Å². The minimum atomic E-state index is -0.361. The third-order valence-electron chi connectivity index (χ3n) is 4.97. The van der Waals surface area contributed by atoms with E-state index in [2.05, 4.69) is 10.2 Å². The number of ether oxygens (including phenoxy) is 3. The zero-order valence-corrected chi connectivity index (χ0v) is 16.1. The molecule has 0 spiro atoms. The molecule has 0 saturated carbocycles. The second-order valence-corrected chi connectivity index (χ2v) is 6.54. The first-order chi connectivity index (χ1) is 13.2. The number of hydrogen-bond acceptors (Lipinski definition) is 5. The van der Waals surface area contributed by atoms with E-state index in [0.717, 1.165) is 55.2 Å². The first-order valence-corrected chi connectivity index (χ1v) is 9.18. The molecule has 1 aliphatic rings. The highest BCUT2D eigenvalue weighted by Crippen LogP contribution is 2.38. The summed E-state index contributed by atoms with van der Waals surface area (Å²) in [6, 6.07) is 10.8. The SMILES string of the molecule is COc1ccc(C(c2ccc(OC)c(F)c2)N2CCCNCC2)c(OC)c1. The van der Waals surface area contributed by atoms with Gasteiger partial charge in [0.2, 0.25) is 0 Å². The number of halogens is 1. The van der Waals surface area contributed by atoms with E-state index in [1.165, 1.54) is 7.11 Å². The van der Waals surface area contributed by atoms with Crippen LogP contribution in [0.15, 0.2) is 36.4 Å². The molecule has 2 aromatic rings. The van der Waals surface area contributed by atoms with Crippen molar-refractivity contribution in [2.45, 2.75) is 12.5 Å². The average Bonchev–Trinajstić information content (AvgIpc) is 2.98. The van der Waals surface area contributed by atoms with Crippen LogP contribution >= 0.6 is 0 Å². The summed E-state index contributed by atoms with van der Waals surface area (Å²) in [5.74, 6) is 1.35. The number of nitrogens with zero attached hydrogens (tertiary/aromatic N) is 1. The quantitative estimate of drug-likeness (QED) is 0.841. The van der Waals surface area contributed by atoms with Gasteiger partial charge in [-0.2, -0.15) is 0 Å². The molecule has 27 heavy (non-hydrogen) atoms. The molecule has 1 N–H and O–H groups in total. The van der Waals surface area contributed by atoms with Crippen LogP contribution in [0.4, 0.5) is 4.39 Å². The summed E-state index contributed by atoms with van der Waals surface area (Å²) in [5, 5.41) is 3.42. The van der Waals surface area contributed by atoms with Crippen LogP contribution in [0.2, 0.25) is 0 Å². The maximum Gasteiger partial charge on any atom is 0.165 e. The van der Waals surface area contributed by atoms with Crippen LogP contribution < -0.4 is 19.5 Å². The standard InChI is InChI=1S/C21H27FN2O3/c1-25-16-6-7-17(20(14-16)27-3)21(24-11-4-9-23-10-12-24)15-5-8-19(26-2)18(22)13-15/h5-8,13-14,21,23H,4,9-12H2,1-3H3. The van der Waals surface area contributed by atoms with E-state index in [4.69, 9.17) is 14.2 Å². The molecule has 1 unspecified atom stereocenters. The maximum atomic E-state index is 14.5. The van der Waals surface area contributed by atoms with Gasteiger partial charge in [0.05, 0.1) is 27.4 Å². The van der Waals surface area contributed by atoms with Gasteiger partial charge in [0.1, 0.15) is 11.5 Å². The fourth-order valence-electron chi connectivity index (χ4n) is 3.61. The Labute approximate surface area is 160 Å². The minimum absolute atomic E-state index is 0.119. The summed E-state index contributed by atoms with van der Waals surface area (Å²) in [6.07, 6.45) is 1.04. The van der Waals surface area contributed by atoms with Gasteiger partial charge in [0, 0.05) is 31.3 Å². The molecule has 0 aliphatic carbocycles. The van der Waals surface area contributed by atoms with Crippen molar-refractivity contribution in [1.29, 1.82) is 0 Å². The van der Waals surface area contributed by atoms with E-state index < -0.39 is 0 Å². The Morgan fingerprint density at radius 3 is 2.44 bits per heavy atom. The van der Waals surface area contributed by atoms with Crippen LogP contribution in [0.5, 0.6) is 17.2 Å². The van der Waals surface area contributed by atoms with Crippen molar-refractivity contribution in [1.82, 2.24) is 10.2 Å². The molecule has 0 amide bonds. The Bertz CT molecular complexity index is 761. The molecule has 0 aromatic heterocycles. The Kier molecular flexibility index (Phi) is 6.53. The van der Waals surface area contributed by atoms with Gasteiger partial charge in [-0.25, -0.2) is 4.39 Å². The first kappa shape index (κ1) is 19.5. The van der Waals surface area contributed by atoms with Crippen molar-refractivity contribution in [3.05, 3.63) is 53.3 Å². The summed E-state index contributed by atoms with van der Waals surface area (Å²) < 4.78 is 30.5. The second kappa shape index (κ2) is 9.06. The van der Waals surface area contributed by atoms with Crippen molar-refractivity contribution < 1.29 is 18.6 Å². The Morgan fingerprint density at radius 1 is 0.926 bits per heavy atom. The number of benzene rings is 2. The molecule has 3 rings (SSSR count). The predicted molar refractivity (Wildman–Crippen MR) is 103 cm³/mol. The molecule has 5 nitrogen and oxygen atoms in total. The normalized spacial score (nSPS) is 16.4. The third-order valence-corrected chi connectivity index (χ3v) is 4.97. The zero-order chi connectivity index (χ0) is 19.2. The van der Waals surface area contributed by atoms with Crippen molar-refractivity contribution in [2.75, 3.05) is 47.5 Å². The molecule has 1 atom stereocenters. The zero-order valence-electron chi connectivity index (χ0n) is 16.1. The molecular weight excluding hydrogens is 347 g/mol. The lowest BCUT2D eigenvalue weighted by Crippen LogP contribution is -2.33. The van der Waals surface area contributed by atoms with Gasteiger partial charge < -0.3 is 19.5 Å². The Balaban J connectivity index is 2.08. The van der Waals surface area contributed by atoms with Crippen LogP contribution in [0.3, 0.4) is 0 Å². The highest BCUT2D eigenvalue weighted by atomic mass is 19.1. The molecule has 1 heterocycles. The van der Waals surface area contributed by atoms with Gasteiger partial charge in [-0.3, -0.25) is 4.90 Å². The number of hydrogen-bond donors (Lipinski definition) is 1. The molecule has 146 valence electrons. The van der Waals surface area contributed by atoms with Gasteiger partial charge in [-0.15, -0.1) is 0 Å². The van der Waals surface area contributed by atoms with E-state index in [1.54, 1.807) is 26.4 Å². The molecular formula is C21H27FN2O3. The predicted octanol–water partition coefficient (Wildman–Crippen LogP) is 3.24. The fourth-order valence-corrected chi connectivity index (χ4v) is 3.61. The summed E-state index contributed by atoms with van der Waals surface area (Å²) >= 11 is 0. The largest absolute Gasteiger partial charge is 0.497 e. The van der Waals surface area contributed by atoms with E-state index in [1.807, 2.05) is 24.3 Å². The summed E-state index contributed by atoms with van der Waals surface area (Å²) in [6.45, 7) is 3.67. The lowest BCUT2D eigenvalue weighted by Gasteiger charge is -2.32. The Hall–Kier alpha value is -2.31. The molecule has 2 aromatic carbocycles. The summed E-state index contributed by atoms with van der Waals surface area (Å²) in [5.41, 5.74) is 1.86. The molecule has 6 heteroatoms. The molecule has 1 saturated heterocycles.